The summed E-state index contributed by atoms with van der Waals surface area (Å²) in [6.07, 6.45) is 3.29. The zero-order chi connectivity index (χ0) is 20.4. The number of hydrogen-bond acceptors (Lipinski definition) is 6. The maximum Gasteiger partial charge on any atom is 0.252 e. The molecule has 0 saturated carbocycles. The van der Waals surface area contributed by atoms with E-state index < -0.39 is 0 Å². The summed E-state index contributed by atoms with van der Waals surface area (Å²) >= 11 is 0. The second-order valence-electron chi connectivity index (χ2n) is 6.75. The Labute approximate surface area is 169 Å². The van der Waals surface area contributed by atoms with Gasteiger partial charge in [-0.05, 0) is 35.9 Å². The largest absolute Gasteiger partial charge is 0.497 e. The third kappa shape index (κ3) is 3.71. The number of benzene rings is 2. The van der Waals surface area contributed by atoms with E-state index in [1.54, 1.807) is 37.3 Å². The molecule has 0 radical (unpaired) electrons. The molecule has 0 bridgehead atoms. The molecule has 2 heterocycles. The number of anilines is 2. The number of methoxy groups -OCH3 is 2. The molecule has 1 aliphatic rings. The Morgan fingerprint density at radius 3 is 2.21 bits per heavy atom. The first kappa shape index (κ1) is 18.7. The van der Waals surface area contributed by atoms with E-state index in [0.29, 0.717) is 36.2 Å². The Balaban J connectivity index is 1.66. The zero-order valence-electron chi connectivity index (χ0n) is 16.6. The summed E-state index contributed by atoms with van der Waals surface area (Å²) in [4.78, 5) is 26.1. The highest BCUT2D eigenvalue weighted by Gasteiger charge is 2.27. The van der Waals surface area contributed by atoms with E-state index in [4.69, 9.17) is 19.4 Å². The minimum absolute atomic E-state index is 0.147. The standard InChI is InChI=1S/C22H22N4O3/c1-25-10-11-26(22-21(25)23-18-6-4-5-7-19(18)24-22)20(27)9-8-15-12-16(28-2)14-17(13-15)29-3/h4-9,12-14H,10-11H2,1-3H3/b9-8+. The summed E-state index contributed by atoms with van der Waals surface area (Å²) in [5.74, 6) is 2.47. The molecular weight excluding hydrogens is 368 g/mol. The minimum atomic E-state index is -0.147. The number of ether oxygens (including phenoxy) is 2. The molecule has 1 aromatic heterocycles. The molecule has 7 nitrogen and oxygen atoms in total. The number of carbonyl (C=O) groups is 1. The molecule has 7 heteroatoms. The fourth-order valence-electron chi connectivity index (χ4n) is 3.28. The summed E-state index contributed by atoms with van der Waals surface area (Å²) in [6, 6.07) is 13.1. The topological polar surface area (TPSA) is 67.8 Å². The van der Waals surface area contributed by atoms with Crippen molar-refractivity contribution in [3.05, 3.63) is 54.1 Å². The number of rotatable bonds is 4. The van der Waals surface area contributed by atoms with Crippen LogP contribution in [-0.4, -0.2) is 50.2 Å². The van der Waals surface area contributed by atoms with E-state index in [1.165, 1.54) is 0 Å². The van der Waals surface area contributed by atoms with Gasteiger partial charge in [-0.3, -0.25) is 9.69 Å². The summed E-state index contributed by atoms with van der Waals surface area (Å²) in [7, 11) is 5.15. The van der Waals surface area contributed by atoms with Crippen molar-refractivity contribution < 1.29 is 14.3 Å². The lowest BCUT2D eigenvalue weighted by molar-refractivity contribution is -0.114. The number of amides is 1. The number of para-hydroxylation sites is 2. The first-order valence-corrected chi connectivity index (χ1v) is 9.29. The molecule has 1 aliphatic heterocycles. The fraction of sp³-hybridized carbons (Fsp3) is 0.227. The van der Waals surface area contributed by atoms with Gasteiger partial charge in [0, 0.05) is 32.3 Å². The quantitative estimate of drug-likeness (QED) is 0.638. The average Bonchev–Trinajstić information content (AvgIpc) is 2.76. The Bertz CT molecular complexity index is 1070. The van der Waals surface area contributed by atoms with Crippen LogP contribution in [0.2, 0.25) is 0 Å². The van der Waals surface area contributed by atoms with Crippen LogP contribution in [0.4, 0.5) is 11.6 Å². The lowest BCUT2D eigenvalue weighted by Crippen LogP contribution is -2.43. The number of aromatic nitrogens is 2. The molecule has 0 aliphatic carbocycles. The number of fused-ring (bicyclic) bond motifs is 2. The van der Waals surface area contributed by atoms with Crippen molar-refractivity contribution >= 4 is 34.7 Å². The van der Waals surface area contributed by atoms with Crippen LogP contribution in [0.5, 0.6) is 11.5 Å². The van der Waals surface area contributed by atoms with E-state index in [1.807, 2.05) is 48.3 Å². The normalized spacial score (nSPS) is 13.6. The lowest BCUT2D eigenvalue weighted by atomic mass is 10.1. The Kier molecular flexibility index (Phi) is 5.03. The van der Waals surface area contributed by atoms with Gasteiger partial charge in [-0.25, -0.2) is 9.97 Å². The van der Waals surface area contributed by atoms with Gasteiger partial charge in [0.15, 0.2) is 11.6 Å². The van der Waals surface area contributed by atoms with Gasteiger partial charge in [0.2, 0.25) is 0 Å². The third-order valence-corrected chi connectivity index (χ3v) is 4.87. The second-order valence-corrected chi connectivity index (χ2v) is 6.75. The first-order chi connectivity index (χ1) is 14.1. The predicted octanol–water partition coefficient (Wildman–Crippen LogP) is 3.14. The second kappa shape index (κ2) is 7.79. The van der Waals surface area contributed by atoms with E-state index in [2.05, 4.69) is 0 Å². The summed E-state index contributed by atoms with van der Waals surface area (Å²) in [5.41, 5.74) is 2.39. The molecule has 0 saturated heterocycles. The van der Waals surface area contributed by atoms with Gasteiger partial charge < -0.3 is 14.4 Å². The fourth-order valence-corrected chi connectivity index (χ4v) is 3.28. The van der Waals surface area contributed by atoms with Crippen LogP contribution in [0.3, 0.4) is 0 Å². The molecule has 0 spiro atoms. The maximum absolute atomic E-state index is 13.0. The molecule has 0 fully saturated rings. The summed E-state index contributed by atoms with van der Waals surface area (Å²) in [6.45, 7) is 1.23. The van der Waals surface area contributed by atoms with Crippen molar-refractivity contribution in [1.29, 1.82) is 0 Å². The molecule has 29 heavy (non-hydrogen) atoms. The van der Waals surface area contributed by atoms with Crippen molar-refractivity contribution in [2.45, 2.75) is 0 Å². The third-order valence-electron chi connectivity index (χ3n) is 4.87. The number of hydrogen-bond donors (Lipinski definition) is 0. The molecule has 0 unspecified atom stereocenters. The van der Waals surface area contributed by atoms with Crippen molar-refractivity contribution in [3.8, 4) is 11.5 Å². The van der Waals surface area contributed by atoms with E-state index >= 15 is 0 Å². The highest BCUT2D eigenvalue weighted by molar-refractivity contribution is 6.05. The zero-order valence-corrected chi connectivity index (χ0v) is 16.6. The van der Waals surface area contributed by atoms with Gasteiger partial charge in [-0.1, -0.05) is 12.1 Å². The minimum Gasteiger partial charge on any atom is -0.497 e. The highest BCUT2D eigenvalue weighted by Crippen LogP contribution is 2.31. The number of nitrogens with zero attached hydrogens (tertiary/aromatic N) is 4. The van der Waals surface area contributed by atoms with Crippen LogP contribution in [0, 0.1) is 0 Å². The number of carbonyl (C=O) groups excluding carboxylic acids is 1. The molecule has 1 amide bonds. The molecular formula is C22H22N4O3. The van der Waals surface area contributed by atoms with E-state index in [-0.39, 0.29) is 5.91 Å². The predicted molar refractivity (Wildman–Crippen MR) is 114 cm³/mol. The van der Waals surface area contributed by atoms with E-state index in [0.717, 1.165) is 16.6 Å². The van der Waals surface area contributed by atoms with Gasteiger partial charge in [0.25, 0.3) is 5.91 Å². The van der Waals surface area contributed by atoms with Crippen molar-refractivity contribution in [2.24, 2.45) is 0 Å². The maximum atomic E-state index is 13.0. The van der Waals surface area contributed by atoms with E-state index in [9.17, 15) is 4.79 Å². The molecule has 4 rings (SSSR count). The van der Waals surface area contributed by atoms with Crippen LogP contribution in [-0.2, 0) is 4.79 Å². The lowest BCUT2D eigenvalue weighted by Gasteiger charge is -2.33. The summed E-state index contributed by atoms with van der Waals surface area (Å²) < 4.78 is 10.6. The van der Waals surface area contributed by atoms with Crippen LogP contribution >= 0.6 is 0 Å². The molecule has 148 valence electrons. The molecule has 2 aromatic carbocycles. The Morgan fingerprint density at radius 2 is 1.59 bits per heavy atom. The monoisotopic (exact) mass is 390 g/mol. The highest BCUT2D eigenvalue weighted by atomic mass is 16.5. The molecule has 0 atom stereocenters. The van der Waals surface area contributed by atoms with Crippen molar-refractivity contribution in [2.75, 3.05) is 44.2 Å². The van der Waals surface area contributed by atoms with Gasteiger partial charge in [-0.15, -0.1) is 0 Å². The van der Waals surface area contributed by atoms with Crippen LogP contribution in [0.15, 0.2) is 48.5 Å². The van der Waals surface area contributed by atoms with Gasteiger partial charge in [-0.2, -0.15) is 0 Å². The summed E-state index contributed by atoms with van der Waals surface area (Å²) in [5, 5.41) is 0. The SMILES string of the molecule is COc1cc(/C=C/C(=O)N2CCN(C)c3nc4ccccc4nc32)cc(OC)c1. The van der Waals surface area contributed by atoms with Crippen molar-refractivity contribution in [1.82, 2.24) is 9.97 Å². The Hall–Kier alpha value is -3.61. The van der Waals surface area contributed by atoms with Gasteiger partial charge in [0.1, 0.15) is 11.5 Å². The molecule has 0 N–H and O–H groups in total. The van der Waals surface area contributed by atoms with Gasteiger partial charge in [0.05, 0.1) is 25.3 Å². The number of likely N-dealkylation sites (N-methyl/N-ethyl adjacent to an activating group) is 1. The first-order valence-electron chi connectivity index (χ1n) is 9.29. The van der Waals surface area contributed by atoms with Crippen LogP contribution in [0.1, 0.15) is 5.56 Å². The van der Waals surface area contributed by atoms with Crippen molar-refractivity contribution in [3.63, 3.8) is 0 Å². The Morgan fingerprint density at radius 1 is 0.966 bits per heavy atom. The smallest absolute Gasteiger partial charge is 0.252 e. The van der Waals surface area contributed by atoms with Gasteiger partial charge >= 0.3 is 0 Å². The van der Waals surface area contributed by atoms with Crippen LogP contribution in [0.25, 0.3) is 17.1 Å². The van der Waals surface area contributed by atoms with Crippen LogP contribution < -0.4 is 19.3 Å². The molecule has 3 aromatic rings. The average molecular weight is 390 g/mol.